The number of aromatic nitrogens is 1. The first-order valence-electron chi connectivity index (χ1n) is 5.91. The van der Waals surface area contributed by atoms with Crippen molar-refractivity contribution < 1.29 is 13.5 Å². The van der Waals surface area contributed by atoms with Gasteiger partial charge in [0.15, 0.2) is 0 Å². The number of aliphatic hydroxyl groups excluding tert-OH is 1. The van der Waals surface area contributed by atoms with E-state index in [2.05, 4.69) is 20.9 Å². The van der Waals surface area contributed by atoms with Crippen molar-refractivity contribution in [2.24, 2.45) is 5.92 Å². The van der Waals surface area contributed by atoms with Crippen LogP contribution < -0.4 is 5.73 Å². The summed E-state index contributed by atoms with van der Waals surface area (Å²) in [6.45, 7) is 2.38. The lowest BCUT2D eigenvalue weighted by molar-refractivity contribution is 0.0605. The number of rotatable bonds is 2. The third kappa shape index (κ3) is 2.91. The Kier molecular flexibility index (Phi) is 4.14. The Morgan fingerprint density at radius 2 is 2.26 bits per heavy atom. The standard InChI is InChI=1S/C11H16BrN3O3S/c1-7-2-3-15(6-9(7)16)19(17,18)10-4-8(12)5-14-11(10)13/h4-5,7,9,16H,2-3,6H2,1H3,(H2,13,14). The van der Waals surface area contributed by atoms with E-state index in [1.807, 2.05) is 6.92 Å². The number of hydrogen-bond acceptors (Lipinski definition) is 5. The van der Waals surface area contributed by atoms with Crippen molar-refractivity contribution in [3.8, 4) is 0 Å². The smallest absolute Gasteiger partial charge is 0.246 e. The molecular formula is C11H16BrN3O3S. The molecule has 1 aromatic heterocycles. The number of anilines is 1. The lowest BCUT2D eigenvalue weighted by Gasteiger charge is -2.33. The van der Waals surface area contributed by atoms with E-state index in [1.54, 1.807) is 0 Å². The van der Waals surface area contributed by atoms with E-state index in [0.29, 0.717) is 17.4 Å². The molecule has 0 aromatic carbocycles. The molecule has 1 saturated heterocycles. The van der Waals surface area contributed by atoms with Crippen LogP contribution in [0.5, 0.6) is 0 Å². The minimum atomic E-state index is -3.72. The molecule has 0 bridgehead atoms. The zero-order chi connectivity index (χ0) is 14.2. The van der Waals surface area contributed by atoms with Gasteiger partial charge in [0.2, 0.25) is 10.0 Å². The summed E-state index contributed by atoms with van der Waals surface area (Å²) < 4.78 is 26.8. The Morgan fingerprint density at radius 1 is 1.58 bits per heavy atom. The summed E-state index contributed by atoms with van der Waals surface area (Å²) in [5, 5.41) is 9.82. The number of sulfonamides is 1. The normalized spacial score (nSPS) is 25.4. The molecule has 0 saturated carbocycles. The maximum atomic E-state index is 12.5. The van der Waals surface area contributed by atoms with Crippen molar-refractivity contribution in [3.63, 3.8) is 0 Å². The van der Waals surface area contributed by atoms with E-state index in [9.17, 15) is 13.5 Å². The first kappa shape index (κ1) is 14.7. The molecule has 0 spiro atoms. The Hall–Kier alpha value is -0.700. The summed E-state index contributed by atoms with van der Waals surface area (Å²) in [5.74, 6) is 0.0701. The Morgan fingerprint density at radius 3 is 2.89 bits per heavy atom. The fourth-order valence-corrected chi connectivity index (χ4v) is 4.06. The summed E-state index contributed by atoms with van der Waals surface area (Å²) in [4.78, 5) is 3.81. The maximum absolute atomic E-state index is 12.5. The van der Waals surface area contributed by atoms with Crippen LogP contribution in [0.4, 0.5) is 5.82 Å². The van der Waals surface area contributed by atoms with Crippen molar-refractivity contribution in [3.05, 3.63) is 16.7 Å². The fraction of sp³-hybridized carbons (Fsp3) is 0.545. The molecule has 0 aliphatic carbocycles. The highest BCUT2D eigenvalue weighted by Crippen LogP contribution is 2.27. The quantitative estimate of drug-likeness (QED) is 0.823. The van der Waals surface area contributed by atoms with Crippen molar-refractivity contribution >= 4 is 31.8 Å². The highest BCUT2D eigenvalue weighted by molar-refractivity contribution is 9.10. The van der Waals surface area contributed by atoms with Gasteiger partial charge in [0.1, 0.15) is 10.7 Å². The van der Waals surface area contributed by atoms with Gasteiger partial charge in [-0.3, -0.25) is 0 Å². The monoisotopic (exact) mass is 349 g/mol. The van der Waals surface area contributed by atoms with Gasteiger partial charge in [-0.05, 0) is 34.3 Å². The van der Waals surface area contributed by atoms with Crippen LogP contribution in [-0.4, -0.2) is 42.0 Å². The minimum Gasteiger partial charge on any atom is -0.391 e. The van der Waals surface area contributed by atoms with Gasteiger partial charge in [0.25, 0.3) is 0 Å². The second-order valence-corrected chi connectivity index (χ2v) is 7.56. The number of β-amino-alcohol motifs (C(OH)–C–C–N with tert-alkyl or cyclic N) is 1. The van der Waals surface area contributed by atoms with Crippen LogP contribution in [0.15, 0.2) is 21.6 Å². The molecule has 2 atom stereocenters. The van der Waals surface area contributed by atoms with E-state index in [4.69, 9.17) is 5.73 Å². The largest absolute Gasteiger partial charge is 0.391 e. The zero-order valence-corrected chi connectivity index (χ0v) is 12.9. The summed E-state index contributed by atoms with van der Waals surface area (Å²) in [5.41, 5.74) is 5.64. The molecule has 1 aliphatic rings. The van der Waals surface area contributed by atoms with Crippen molar-refractivity contribution in [1.82, 2.24) is 9.29 Å². The van der Waals surface area contributed by atoms with Gasteiger partial charge in [0.05, 0.1) is 6.10 Å². The molecule has 0 amide bonds. The highest BCUT2D eigenvalue weighted by atomic mass is 79.9. The lowest BCUT2D eigenvalue weighted by atomic mass is 9.98. The summed E-state index contributed by atoms with van der Waals surface area (Å²) in [6, 6.07) is 1.43. The predicted molar refractivity (Wildman–Crippen MR) is 74.9 cm³/mol. The van der Waals surface area contributed by atoms with Crippen LogP contribution in [0.25, 0.3) is 0 Å². The van der Waals surface area contributed by atoms with Crippen LogP contribution in [0, 0.1) is 5.92 Å². The van der Waals surface area contributed by atoms with Crippen molar-refractivity contribution in [2.45, 2.75) is 24.3 Å². The molecule has 3 N–H and O–H groups in total. The molecule has 2 rings (SSSR count). The number of pyridine rings is 1. The summed E-state index contributed by atoms with van der Waals surface area (Å²) in [7, 11) is -3.72. The van der Waals surface area contributed by atoms with Crippen LogP contribution in [0.2, 0.25) is 0 Å². The van der Waals surface area contributed by atoms with Crippen LogP contribution in [0.3, 0.4) is 0 Å². The first-order valence-corrected chi connectivity index (χ1v) is 8.15. The second-order valence-electron chi connectivity index (χ2n) is 4.73. The van der Waals surface area contributed by atoms with Crippen molar-refractivity contribution in [1.29, 1.82) is 0 Å². The van der Waals surface area contributed by atoms with E-state index in [1.165, 1.54) is 16.6 Å². The molecule has 0 radical (unpaired) electrons. The van der Waals surface area contributed by atoms with Gasteiger partial charge in [-0.15, -0.1) is 0 Å². The fourth-order valence-electron chi connectivity index (χ4n) is 2.02. The topological polar surface area (TPSA) is 96.5 Å². The van der Waals surface area contributed by atoms with Gasteiger partial charge >= 0.3 is 0 Å². The molecule has 1 aromatic rings. The van der Waals surface area contributed by atoms with E-state index >= 15 is 0 Å². The molecule has 8 heteroatoms. The van der Waals surface area contributed by atoms with Gasteiger partial charge in [-0.2, -0.15) is 4.31 Å². The number of aliphatic hydroxyl groups is 1. The van der Waals surface area contributed by atoms with Crippen molar-refractivity contribution in [2.75, 3.05) is 18.8 Å². The number of halogens is 1. The average molecular weight is 350 g/mol. The van der Waals surface area contributed by atoms with Gasteiger partial charge in [0, 0.05) is 23.8 Å². The van der Waals surface area contributed by atoms with E-state index in [-0.39, 0.29) is 23.2 Å². The third-order valence-electron chi connectivity index (χ3n) is 3.35. The Balaban J connectivity index is 2.35. The van der Waals surface area contributed by atoms with Crippen LogP contribution in [0.1, 0.15) is 13.3 Å². The lowest BCUT2D eigenvalue weighted by Crippen LogP contribution is -2.45. The number of nitrogens with zero attached hydrogens (tertiary/aromatic N) is 2. The molecule has 2 heterocycles. The highest BCUT2D eigenvalue weighted by Gasteiger charge is 2.34. The first-order chi connectivity index (χ1) is 8.82. The SMILES string of the molecule is CC1CCN(S(=O)(=O)c2cc(Br)cnc2N)CC1O. The van der Waals surface area contributed by atoms with Crippen LogP contribution in [-0.2, 0) is 10.0 Å². The Labute approximate surface area is 120 Å². The second kappa shape index (κ2) is 5.35. The zero-order valence-electron chi connectivity index (χ0n) is 10.5. The minimum absolute atomic E-state index is 0.0244. The molecular weight excluding hydrogens is 334 g/mol. The molecule has 1 aliphatic heterocycles. The predicted octanol–water partition coefficient (Wildman–Crippen LogP) is 0.818. The number of nitrogen functional groups attached to an aromatic ring is 1. The number of nitrogens with two attached hydrogens (primary N) is 1. The maximum Gasteiger partial charge on any atom is 0.246 e. The molecule has 106 valence electrons. The molecule has 1 fully saturated rings. The van der Waals surface area contributed by atoms with E-state index in [0.717, 1.165) is 0 Å². The molecule has 6 nitrogen and oxygen atoms in total. The number of hydrogen-bond donors (Lipinski definition) is 2. The average Bonchev–Trinajstić information content (AvgIpc) is 2.35. The molecule has 19 heavy (non-hydrogen) atoms. The Bertz CT molecular complexity index is 579. The molecule has 2 unspecified atom stereocenters. The third-order valence-corrected chi connectivity index (χ3v) is 5.68. The number of piperidine rings is 1. The summed E-state index contributed by atoms with van der Waals surface area (Å²) >= 11 is 3.18. The summed E-state index contributed by atoms with van der Waals surface area (Å²) in [6.07, 6.45) is 1.42. The van der Waals surface area contributed by atoms with Gasteiger partial charge in [-0.1, -0.05) is 6.92 Å². The van der Waals surface area contributed by atoms with Gasteiger partial charge in [-0.25, -0.2) is 13.4 Å². The van der Waals surface area contributed by atoms with Gasteiger partial charge < -0.3 is 10.8 Å². The van der Waals surface area contributed by atoms with Crippen LogP contribution >= 0.6 is 15.9 Å². The van der Waals surface area contributed by atoms with E-state index < -0.39 is 16.1 Å².